The highest BCUT2D eigenvalue weighted by molar-refractivity contribution is 5.74. The van der Waals surface area contributed by atoms with Crippen LogP contribution < -0.4 is 15.5 Å². The normalized spacial score (nSPS) is 11.6. The quantitative estimate of drug-likeness (QED) is 0.764. The van der Waals surface area contributed by atoms with Gasteiger partial charge in [-0.25, -0.2) is 4.79 Å². The first-order valence-electron chi connectivity index (χ1n) is 8.02. The number of carbonyl (C=O) groups excluding carboxylic acids is 1. The van der Waals surface area contributed by atoms with Crippen LogP contribution in [0.4, 0.5) is 10.5 Å². The number of amides is 2. The zero-order valence-electron chi connectivity index (χ0n) is 14.4. The summed E-state index contributed by atoms with van der Waals surface area (Å²) in [5.41, 5.74) is 3.26. The molecule has 2 amide bonds. The maximum absolute atomic E-state index is 12.0. The molecule has 0 radical (unpaired) electrons. The van der Waals surface area contributed by atoms with Gasteiger partial charge in [-0.15, -0.1) is 0 Å². The second kappa shape index (κ2) is 8.24. The van der Waals surface area contributed by atoms with E-state index in [0.29, 0.717) is 13.0 Å². The van der Waals surface area contributed by atoms with E-state index in [0.717, 1.165) is 16.8 Å². The molecule has 0 aromatic heterocycles. The maximum Gasteiger partial charge on any atom is 0.315 e. The predicted octanol–water partition coefficient (Wildman–Crippen LogP) is 2.89. The van der Waals surface area contributed by atoms with Gasteiger partial charge in [0, 0.05) is 32.4 Å². The van der Waals surface area contributed by atoms with Gasteiger partial charge in [0.1, 0.15) is 5.75 Å². The van der Waals surface area contributed by atoms with E-state index in [4.69, 9.17) is 0 Å². The fraction of sp³-hybridized carbons (Fsp3) is 0.316. The third-order valence-corrected chi connectivity index (χ3v) is 3.76. The van der Waals surface area contributed by atoms with Crippen LogP contribution >= 0.6 is 0 Å². The Labute approximate surface area is 143 Å². The van der Waals surface area contributed by atoms with E-state index in [9.17, 15) is 9.90 Å². The second-order valence-corrected chi connectivity index (χ2v) is 6.16. The molecule has 5 nitrogen and oxygen atoms in total. The van der Waals surface area contributed by atoms with Crippen molar-refractivity contribution in [2.45, 2.75) is 25.9 Å². The molecule has 0 spiro atoms. The molecule has 2 rings (SSSR count). The molecular weight excluding hydrogens is 302 g/mol. The van der Waals surface area contributed by atoms with E-state index < -0.39 is 0 Å². The average molecular weight is 327 g/mol. The number of carbonyl (C=O) groups is 1. The number of hydrogen-bond donors (Lipinski definition) is 3. The van der Waals surface area contributed by atoms with Crippen LogP contribution in [0.25, 0.3) is 0 Å². The summed E-state index contributed by atoms with van der Waals surface area (Å²) in [6.07, 6.45) is 0.714. The number of aromatic hydroxyl groups is 1. The van der Waals surface area contributed by atoms with Gasteiger partial charge < -0.3 is 20.6 Å². The number of phenols is 1. The minimum Gasteiger partial charge on any atom is -0.508 e. The first-order chi connectivity index (χ1) is 11.4. The maximum atomic E-state index is 12.0. The first kappa shape index (κ1) is 17.7. The van der Waals surface area contributed by atoms with Gasteiger partial charge in [0.25, 0.3) is 0 Å². The Morgan fingerprint density at radius 1 is 1.04 bits per heavy atom. The summed E-state index contributed by atoms with van der Waals surface area (Å²) in [6, 6.07) is 14.9. The van der Waals surface area contributed by atoms with Gasteiger partial charge in [-0.2, -0.15) is 0 Å². The van der Waals surface area contributed by atoms with Crippen LogP contribution in [0.5, 0.6) is 5.75 Å². The lowest BCUT2D eigenvalue weighted by atomic mass is 10.1. The summed E-state index contributed by atoms with van der Waals surface area (Å²) >= 11 is 0. The third-order valence-electron chi connectivity index (χ3n) is 3.76. The molecule has 0 saturated heterocycles. The van der Waals surface area contributed by atoms with Gasteiger partial charge in [0.2, 0.25) is 0 Å². The van der Waals surface area contributed by atoms with Crippen LogP contribution in [0, 0.1) is 0 Å². The Balaban J connectivity index is 1.76. The fourth-order valence-corrected chi connectivity index (χ4v) is 2.41. The fourth-order valence-electron chi connectivity index (χ4n) is 2.41. The molecule has 2 aromatic rings. The molecule has 0 heterocycles. The molecule has 0 saturated carbocycles. The Kier molecular flexibility index (Phi) is 6.07. The average Bonchev–Trinajstić information content (AvgIpc) is 2.55. The van der Waals surface area contributed by atoms with E-state index in [-0.39, 0.29) is 17.8 Å². The lowest BCUT2D eigenvalue weighted by molar-refractivity contribution is 0.237. The highest BCUT2D eigenvalue weighted by Crippen LogP contribution is 2.12. The van der Waals surface area contributed by atoms with Gasteiger partial charge in [0.15, 0.2) is 0 Å². The van der Waals surface area contributed by atoms with E-state index in [1.807, 2.05) is 62.3 Å². The molecule has 1 atom stereocenters. The number of rotatable bonds is 6. The van der Waals surface area contributed by atoms with Crippen molar-refractivity contribution in [2.24, 2.45) is 0 Å². The molecule has 2 aromatic carbocycles. The van der Waals surface area contributed by atoms with Gasteiger partial charge in [-0.3, -0.25) is 0 Å². The monoisotopic (exact) mass is 327 g/mol. The molecule has 0 fully saturated rings. The van der Waals surface area contributed by atoms with E-state index >= 15 is 0 Å². The summed E-state index contributed by atoms with van der Waals surface area (Å²) in [7, 11) is 3.99. The first-order valence-corrected chi connectivity index (χ1v) is 8.02. The van der Waals surface area contributed by atoms with Crippen molar-refractivity contribution in [3.8, 4) is 5.75 Å². The van der Waals surface area contributed by atoms with Crippen LogP contribution in [-0.2, 0) is 13.0 Å². The topological polar surface area (TPSA) is 64.6 Å². The Morgan fingerprint density at radius 2 is 1.62 bits per heavy atom. The number of hydrogen-bond acceptors (Lipinski definition) is 3. The number of nitrogens with one attached hydrogen (secondary N) is 2. The number of anilines is 1. The number of benzene rings is 2. The predicted molar refractivity (Wildman–Crippen MR) is 97.4 cm³/mol. The van der Waals surface area contributed by atoms with Crippen LogP contribution in [-0.4, -0.2) is 31.3 Å². The number of urea groups is 1. The van der Waals surface area contributed by atoms with Gasteiger partial charge in [0.05, 0.1) is 0 Å². The van der Waals surface area contributed by atoms with Crippen molar-refractivity contribution in [3.05, 3.63) is 59.7 Å². The smallest absolute Gasteiger partial charge is 0.315 e. The van der Waals surface area contributed by atoms with Crippen molar-refractivity contribution in [2.75, 3.05) is 19.0 Å². The standard InChI is InChI=1S/C19H25N3O2/c1-14(12-15-6-10-18(23)11-7-15)21-19(24)20-13-16-4-8-17(9-5-16)22(2)3/h4-11,14,23H,12-13H2,1-3H3,(H2,20,21,24). The summed E-state index contributed by atoms with van der Waals surface area (Å²) in [6.45, 7) is 2.45. The Morgan fingerprint density at radius 3 is 2.21 bits per heavy atom. The minimum atomic E-state index is -0.182. The molecule has 24 heavy (non-hydrogen) atoms. The summed E-state index contributed by atoms with van der Waals surface area (Å²) in [5.74, 6) is 0.248. The molecule has 128 valence electrons. The third kappa shape index (κ3) is 5.50. The molecule has 3 N–H and O–H groups in total. The van der Waals surface area contributed by atoms with Crippen molar-refractivity contribution in [1.82, 2.24) is 10.6 Å². The van der Waals surface area contributed by atoms with Crippen molar-refractivity contribution < 1.29 is 9.90 Å². The van der Waals surface area contributed by atoms with Gasteiger partial charge >= 0.3 is 6.03 Å². The molecule has 0 bridgehead atoms. The largest absolute Gasteiger partial charge is 0.508 e. The number of phenolic OH excluding ortho intramolecular Hbond substituents is 1. The zero-order chi connectivity index (χ0) is 17.5. The van der Waals surface area contributed by atoms with Crippen LogP contribution in [0.2, 0.25) is 0 Å². The van der Waals surface area contributed by atoms with Crippen LogP contribution in [0.1, 0.15) is 18.1 Å². The lowest BCUT2D eigenvalue weighted by Gasteiger charge is -2.15. The lowest BCUT2D eigenvalue weighted by Crippen LogP contribution is -2.41. The Bertz CT molecular complexity index is 651. The second-order valence-electron chi connectivity index (χ2n) is 6.16. The van der Waals surface area contributed by atoms with Crippen molar-refractivity contribution in [3.63, 3.8) is 0 Å². The van der Waals surface area contributed by atoms with Crippen LogP contribution in [0.3, 0.4) is 0 Å². The summed E-state index contributed by atoms with van der Waals surface area (Å²) in [5, 5.41) is 15.1. The summed E-state index contributed by atoms with van der Waals surface area (Å²) < 4.78 is 0. The van der Waals surface area contributed by atoms with Crippen molar-refractivity contribution in [1.29, 1.82) is 0 Å². The molecule has 5 heteroatoms. The van der Waals surface area contributed by atoms with E-state index in [2.05, 4.69) is 10.6 Å². The summed E-state index contributed by atoms with van der Waals surface area (Å²) in [4.78, 5) is 14.0. The van der Waals surface area contributed by atoms with Gasteiger partial charge in [-0.05, 0) is 48.7 Å². The SMILES string of the molecule is CC(Cc1ccc(O)cc1)NC(=O)NCc1ccc(N(C)C)cc1. The number of nitrogens with zero attached hydrogens (tertiary/aromatic N) is 1. The van der Waals surface area contributed by atoms with E-state index in [1.54, 1.807) is 12.1 Å². The molecule has 0 aliphatic rings. The van der Waals surface area contributed by atoms with Crippen molar-refractivity contribution >= 4 is 11.7 Å². The molecular formula is C19H25N3O2. The highest BCUT2D eigenvalue weighted by Gasteiger charge is 2.08. The molecule has 1 unspecified atom stereocenters. The minimum absolute atomic E-state index is 0.00524. The van der Waals surface area contributed by atoms with E-state index in [1.165, 1.54) is 0 Å². The van der Waals surface area contributed by atoms with Gasteiger partial charge in [-0.1, -0.05) is 24.3 Å². The van der Waals surface area contributed by atoms with Crippen LogP contribution in [0.15, 0.2) is 48.5 Å². The highest BCUT2D eigenvalue weighted by atomic mass is 16.3. The molecule has 0 aliphatic carbocycles. The molecule has 0 aliphatic heterocycles. The zero-order valence-corrected chi connectivity index (χ0v) is 14.4. The Hall–Kier alpha value is -2.69.